The van der Waals surface area contributed by atoms with Crippen molar-refractivity contribution in [3.05, 3.63) is 85.1 Å². The van der Waals surface area contributed by atoms with Crippen LogP contribution in [-0.2, 0) is 28.6 Å². The lowest BCUT2D eigenvalue weighted by Crippen LogP contribution is -2.30. The van der Waals surface area contributed by atoms with Gasteiger partial charge in [-0.05, 0) is 96.3 Å². The summed E-state index contributed by atoms with van der Waals surface area (Å²) in [6.45, 7) is 6.50. The quantitative estimate of drug-likeness (QED) is 0.0261. The van der Waals surface area contributed by atoms with Crippen LogP contribution in [0.4, 0.5) is 0 Å². The van der Waals surface area contributed by atoms with Gasteiger partial charge in [0.15, 0.2) is 6.10 Å². The molecule has 0 aliphatic rings. The third-order valence-corrected chi connectivity index (χ3v) is 13.4. The molecule has 0 N–H and O–H groups in total. The van der Waals surface area contributed by atoms with Gasteiger partial charge >= 0.3 is 17.9 Å². The Morgan fingerprint density at radius 1 is 0.288 bits per heavy atom. The fraction of sp³-hybridized carbons (Fsp3) is 0.746. The fourth-order valence-electron chi connectivity index (χ4n) is 8.74. The summed E-state index contributed by atoms with van der Waals surface area (Å²) in [4.78, 5) is 38.0. The Bertz CT molecular complexity index is 1400. The molecule has 0 saturated heterocycles. The summed E-state index contributed by atoms with van der Waals surface area (Å²) in [7, 11) is 0. The van der Waals surface area contributed by atoms with Crippen LogP contribution in [0.5, 0.6) is 0 Å². The minimum atomic E-state index is -0.776. The Balaban J connectivity index is 4.07. The first-order valence-corrected chi connectivity index (χ1v) is 31.1. The third kappa shape index (κ3) is 59.3. The zero-order valence-electron chi connectivity index (χ0n) is 48.1. The molecular weight excluding hydrogens is 901 g/mol. The van der Waals surface area contributed by atoms with Crippen molar-refractivity contribution in [2.45, 2.75) is 309 Å². The molecule has 1 atom stereocenters. The van der Waals surface area contributed by atoms with Gasteiger partial charge in [-0.3, -0.25) is 14.4 Å². The Morgan fingerprint density at radius 2 is 0.534 bits per heavy atom. The van der Waals surface area contributed by atoms with Gasteiger partial charge in [0.05, 0.1) is 0 Å². The van der Waals surface area contributed by atoms with Gasteiger partial charge in [0.1, 0.15) is 13.2 Å². The SMILES string of the molecule is CC/C=C\C/C=C\C/C=C\C/C=C\C/C=C\C/C=C\CCCCCCCCCCCCCCCCC(=O)OCC(COC(=O)CCCCCCCCCCC)OC(=O)CCCCCCC/C=C\CCCCCC. The molecule has 0 aliphatic heterocycles. The van der Waals surface area contributed by atoms with Crippen LogP contribution < -0.4 is 0 Å². The van der Waals surface area contributed by atoms with Gasteiger partial charge in [0.2, 0.25) is 0 Å². The van der Waals surface area contributed by atoms with Gasteiger partial charge in [-0.1, -0.05) is 273 Å². The summed E-state index contributed by atoms with van der Waals surface area (Å²) in [5.41, 5.74) is 0. The second-order valence-corrected chi connectivity index (χ2v) is 20.6. The van der Waals surface area contributed by atoms with Crippen molar-refractivity contribution in [2.75, 3.05) is 13.2 Å². The monoisotopic (exact) mass is 1020 g/mol. The highest BCUT2D eigenvalue weighted by atomic mass is 16.6. The average Bonchev–Trinajstić information content (AvgIpc) is 3.39. The summed E-state index contributed by atoms with van der Waals surface area (Å²) in [5.74, 6) is -0.879. The number of carbonyl (C=O) groups is 3. The highest BCUT2D eigenvalue weighted by Crippen LogP contribution is 2.16. The Morgan fingerprint density at radius 3 is 0.863 bits per heavy atom. The van der Waals surface area contributed by atoms with E-state index in [9.17, 15) is 14.4 Å². The van der Waals surface area contributed by atoms with Crippen LogP contribution in [-0.4, -0.2) is 37.2 Å². The van der Waals surface area contributed by atoms with Crippen molar-refractivity contribution >= 4 is 17.9 Å². The maximum absolute atomic E-state index is 12.8. The molecule has 420 valence electrons. The van der Waals surface area contributed by atoms with E-state index < -0.39 is 6.10 Å². The van der Waals surface area contributed by atoms with Gasteiger partial charge in [0.25, 0.3) is 0 Å². The van der Waals surface area contributed by atoms with E-state index >= 15 is 0 Å². The number of rotatable bonds is 56. The van der Waals surface area contributed by atoms with Crippen molar-refractivity contribution in [1.29, 1.82) is 0 Å². The van der Waals surface area contributed by atoms with E-state index in [4.69, 9.17) is 14.2 Å². The summed E-state index contributed by atoms with van der Waals surface area (Å²) >= 11 is 0. The first kappa shape index (κ1) is 69.6. The predicted molar refractivity (Wildman–Crippen MR) is 316 cm³/mol. The van der Waals surface area contributed by atoms with Crippen molar-refractivity contribution < 1.29 is 28.6 Å². The third-order valence-electron chi connectivity index (χ3n) is 13.4. The van der Waals surface area contributed by atoms with E-state index in [-0.39, 0.29) is 31.1 Å². The van der Waals surface area contributed by atoms with E-state index in [2.05, 4.69) is 106 Å². The van der Waals surface area contributed by atoms with Crippen LogP contribution in [0, 0.1) is 0 Å². The first-order valence-electron chi connectivity index (χ1n) is 31.1. The molecule has 0 fully saturated rings. The van der Waals surface area contributed by atoms with Gasteiger partial charge in [-0.2, -0.15) is 0 Å². The highest BCUT2D eigenvalue weighted by molar-refractivity contribution is 5.71. The molecule has 0 radical (unpaired) electrons. The summed E-state index contributed by atoms with van der Waals surface area (Å²) in [6, 6.07) is 0. The molecule has 0 aromatic heterocycles. The molecule has 0 heterocycles. The van der Waals surface area contributed by atoms with E-state index in [1.807, 2.05) is 0 Å². The molecule has 6 heteroatoms. The predicted octanol–water partition coefficient (Wildman–Crippen LogP) is 21.1. The number of allylic oxidation sites excluding steroid dienone is 14. The Labute approximate surface area is 452 Å². The van der Waals surface area contributed by atoms with Crippen molar-refractivity contribution in [1.82, 2.24) is 0 Å². The molecule has 0 aromatic rings. The molecule has 0 aliphatic carbocycles. The lowest BCUT2D eigenvalue weighted by molar-refractivity contribution is -0.167. The van der Waals surface area contributed by atoms with E-state index in [0.717, 1.165) is 109 Å². The zero-order valence-corrected chi connectivity index (χ0v) is 48.1. The van der Waals surface area contributed by atoms with Crippen LogP contribution in [0.3, 0.4) is 0 Å². The molecule has 0 saturated carbocycles. The molecule has 73 heavy (non-hydrogen) atoms. The van der Waals surface area contributed by atoms with Gasteiger partial charge in [0, 0.05) is 19.3 Å². The van der Waals surface area contributed by atoms with Crippen LogP contribution in [0.1, 0.15) is 303 Å². The topological polar surface area (TPSA) is 78.9 Å². The molecule has 6 nitrogen and oxygen atoms in total. The van der Waals surface area contributed by atoms with Crippen molar-refractivity contribution in [3.8, 4) is 0 Å². The number of hydrogen-bond donors (Lipinski definition) is 0. The lowest BCUT2D eigenvalue weighted by Gasteiger charge is -2.18. The van der Waals surface area contributed by atoms with Gasteiger partial charge in [-0.25, -0.2) is 0 Å². The Hall–Kier alpha value is -3.41. The van der Waals surface area contributed by atoms with Crippen LogP contribution in [0.15, 0.2) is 85.1 Å². The zero-order chi connectivity index (χ0) is 52.9. The highest BCUT2D eigenvalue weighted by Gasteiger charge is 2.19. The van der Waals surface area contributed by atoms with E-state index in [0.29, 0.717) is 19.3 Å². The van der Waals surface area contributed by atoms with Gasteiger partial charge in [-0.15, -0.1) is 0 Å². The van der Waals surface area contributed by atoms with E-state index in [1.165, 1.54) is 154 Å². The molecule has 1 unspecified atom stereocenters. The number of unbranched alkanes of at least 4 members (excludes halogenated alkanes) is 31. The van der Waals surface area contributed by atoms with Crippen LogP contribution in [0.25, 0.3) is 0 Å². The summed E-state index contributed by atoms with van der Waals surface area (Å²) in [6.07, 6.45) is 80.3. The molecular formula is C67H116O6. The summed E-state index contributed by atoms with van der Waals surface area (Å²) < 4.78 is 16.8. The Kier molecular flexibility index (Phi) is 58.3. The second kappa shape index (κ2) is 61.1. The maximum Gasteiger partial charge on any atom is 0.306 e. The molecule has 0 aromatic carbocycles. The van der Waals surface area contributed by atoms with Crippen LogP contribution in [0.2, 0.25) is 0 Å². The molecule has 0 rings (SSSR count). The largest absolute Gasteiger partial charge is 0.462 e. The average molecular weight is 1020 g/mol. The lowest BCUT2D eigenvalue weighted by atomic mass is 10.0. The van der Waals surface area contributed by atoms with Crippen molar-refractivity contribution in [2.24, 2.45) is 0 Å². The normalized spacial score (nSPS) is 12.6. The second-order valence-electron chi connectivity index (χ2n) is 20.6. The fourth-order valence-corrected chi connectivity index (χ4v) is 8.74. The summed E-state index contributed by atoms with van der Waals surface area (Å²) in [5, 5.41) is 0. The first-order chi connectivity index (χ1) is 36.0. The minimum Gasteiger partial charge on any atom is -0.462 e. The number of ether oxygens (including phenoxy) is 3. The molecule has 0 amide bonds. The van der Waals surface area contributed by atoms with E-state index in [1.54, 1.807) is 0 Å². The van der Waals surface area contributed by atoms with Crippen molar-refractivity contribution in [3.63, 3.8) is 0 Å². The van der Waals surface area contributed by atoms with Gasteiger partial charge < -0.3 is 14.2 Å². The standard InChI is InChI=1S/C67H116O6/c1-4-7-10-13-16-19-21-23-24-25-26-27-28-29-30-31-32-33-34-35-36-37-38-39-40-41-42-44-45-48-51-54-57-60-66(69)72-63-64(62-71-65(68)59-56-53-50-47-18-15-12-9-6-3)73-67(70)61-58-55-52-49-46-43-22-20-17-14-11-8-5-2/h7,10,16,19-20,22-24,26-27,29-30,32-33,64H,4-6,8-9,11-15,17-18,21,25,28,31,34-63H2,1-3H3/b10-7-,19-16-,22-20-,24-23-,27-26-,30-29-,33-32-. The van der Waals surface area contributed by atoms with Crippen LogP contribution >= 0.6 is 0 Å². The molecule has 0 bridgehead atoms. The smallest absolute Gasteiger partial charge is 0.306 e. The molecule has 0 spiro atoms. The maximum atomic E-state index is 12.8. The number of carbonyl (C=O) groups excluding carboxylic acids is 3. The minimum absolute atomic E-state index is 0.0757. The number of hydrogen-bond acceptors (Lipinski definition) is 6. The number of esters is 3.